The summed E-state index contributed by atoms with van der Waals surface area (Å²) >= 11 is 0. The fourth-order valence-electron chi connectivity index (χ4n) is 3.11. The van der Waals surface area contributed by atoms with Crippen molar-refractivity contribution in [3.05, 3.63) is 0 Å². The molecule has 1 saturated heterocycles. The summed E-state index contributed by atoms with van der Waals surface area (Å²) in [6.45, 7) is 6.21. The smallest absolute Gasteiger partial charge is 0.326 e. The van der Waals surface area contributed by atoms with Gasteiger partial charge in [0.25, 0.3) is 0 Å². The summed E-state index contributed by atoms with van der Waals surface area (Å²) in [6, 6.07) is 0. The summed E-state index contributed by atoms with van der Waals surface area (Å²) in [6.07, 6.45) is 3.03. The average molecular weight is 226 g/mol. The van der Waals surface area contributed by atoms with E-state index in [2.05, 4.69) is 17.1 Å². The molecule has 0 aromatic carbocycles. The highest BCUT2D eigenvalue weighted by Crippen LogP contribution is 2.43. The van der Waals surface area contributed by atoms with E-state index in [1.807, 2.05) is 0 Å². The Bertz CT molecular complexity index is 254. The molecule has 1 heterocycles. The van der Waals surface area contributed by atoms with Gasteiger partial charge < -0.3 is 10.1 Å². The van der Waals surface area contributed by atoms with Gasteiger partial charge in [0.2, 0.25) is 0 Å². The zero-order valence-corrected chi connectivity index (χ0v) is 10.3. The zero-order valence-electron chi connectivity index (χ0n) is 10.3. The fraction of sp³-hybridized carbons (Fsp3) is 0.917. The number of rotatable bonds is 2. The monoisotopic (exact) mass is 226 g/mol. The third-order valence-corrected chi connectivity index (χ3v) is 3.88. The molecule has 2 rings (SSSR count). The average Bonchev–Trinajstić information content (AvgIpc) is 2.52. The van der Waals surface area contributed by atoms with Gasteiger partial charge in [-0.3, -0.25) is 9.69 Å². The molecule has 2 aliphatic rings. The Balaban J connectivity index is 2.09. The van der Waals surface area contributed by atoms with Gasteiger partial charge in [0, 0.05) is 19.6 Å². The van der Waals surface area contributed by atoms with Gasteiger partial charge in [0.1, 0.15) is 5.54 Å². The summed E-state index contributed by atoms with van der Waals surface area (Å²) in [4.78, 5) is 14.3. The van der Waals surface area contributed by atoms with E-state index in [-0.39, 0.29) is 11.5 Å². The number of carbonyl (C=O) groups excluding carboxylic acids is 1. The lowest BCUT2D eigenvalue weighted by Gasteiger charge is -2.50. The van der Waals surface area contributed by atoms with Gasteiger partial charge in [0.05, 0.1) is 7.11 Å². The molecule has 1 aliphatic heterocycles. The van der Waals surface area contributed by atoms with Crippen molar-refractivity contribution < 1.29 is 9.53 Å². The molecule has 4 heteroatoms. The number of hydrogen-bond donors (Lipinski definition) is 1. The largest absolute Gasteiger partial charge is 0.468 e. The van der Waals surface area contributed by atoms with Crippen LogP contribution in [0.5, 0.6) is 0 Å². The number of esters is 1. The first-order valence-corrected chi connectivity index (χ1v) is 6.23. The third kappa shape index (κ3) is 1.96. The van der Waals surface area contributed by atoms with E-state index in [1.54, 1.807) is 0 Å². The molecule has 0 amide bonds. The van der Waals surface area contributed by atoms with Crippen LogP contribution >= 0.6 is 0 Å². The van der Waals surface area contributed by atoms with Gasteiger partial charge in [-0.25, -0.2) is 0 Å². The Labute approximate surface area is 97.3 Å². The number of ether oxygens (including phenoxy) is 1. The predicted octanol–water partition coefficient (Wildman–Crippen LogP) is 0.623. The van der Waals surface area contributed by atoms with E-state index < -0.39 is 0 Å². The van der Waals surface area contributed by atoms with Crippen LogP contribution in [0.3, 0.4) is 0 Å². The Kier molecular flexibility index (Phi) is 3.50. The maximum atomic E-state index is 12.0. The van der Waals surface area contributed by atoms with E-state index in [9.17, 15) is 4.79 Å². The van der Waals surface area contributed by atoms with Crippen LogP contribution < -0.4 is 5.32 Å². The van der Waals surface area contributed by atoms with Crippen molar-refractivity contribution in [2.24, 2.45) is 5.92 Å². The number of methoxy groups -OCH3 is 1. The summed E-state index contributed by atoms with van der Waals surface area (Å²) in [7, 11) is 1.50. The van der Waals surface area contributed by atoms with Crippen molar-refractivity contribution in [1.29, 1.82) is 0 Å². The first kappa shape index (κ1) is 11.9. The third-order valence-electron chi connectivity index (χ3n) is 3.88. The zero-order chi connectivity index (χ0) is 11.6. The molecule has 0 aromatic rings. The van der Waals surface area contributed by atoms with Crippen molar-refractivity contribution >= 4 is 5.97 Å². The molecule has 0 radical (unpaired) electrons. The van der Waals surface area contributed by atoms with Crippen LogP contribution in [-0.4, -0.2) is 49.7 Å². The molecule has 0 bridgehead atoms. The van der Waals surface area contributed by atoms with Crippen LogP contribution in [0, 0.1) is 5.92 Å². The summed E-state index contributed by atoms with van der Waals surface area (Å²) in [5, 5.41) is 3.37. The van der Waals surface area contributed by atoms with Gasteiger partial charge in [-0.05, 0) is 31.7 Å². The van der Waals surface area contributed by atoms with Crippen LogP contribution in [0.4, 0.5) is 0 Å². The van der Waals surface area contributed by atoms with E-state index in [4.69, 9.17) is 4.74 Å². The Morgan fingerprint density at radius 3 is 2.75 bits per heavy atom. The molecule has 16 heavy (non-hydrogen) atoms. The van der Waals surface area contributed by atoms with Crippen molar-refractivity contribution in [3.8, 4) is 0 Å². The van der Waals surface area contributed by atoms with Crippen LogP contribution in [0.1, 0.15) is 26.2 Å². The SMILES string of the molecule is COC(=O)C1(N2CCCNCC2)CC(C)C1. The van der Waals surface area contributed by atoms with E-state index in [1.165, 1.54) is 7.11 Å². The maximum Gasteiger partial charge on any atom is 0.326 e. The minimum Gasteiger partial charge on any atom is -0.468 e. The highest BCUT2D eigenvalue weighted by Gasteiger charge is 2.53. The van der Waals surface area contributed by atoms with Crippen molar-refractivity contribution in [1.82, 2.24) is 10.2 Å². The lowest BCUT2D eigenvalue weighted by molar-refractivity contribution is -0.166. The highest BCUT2D eigenvalue weighted by atomic mass is 16.5. The molecule has 0 atom stereocenters. The van der Waals surface area contributed by atoms with Gasteiger partial charge >= 0.3 is 5.97 Å². The topological polar surface area (TPSA) is 41.6 Å². The molecule has 0 unspecified atom stereocenters. The molecule has 92 valence electrons. The Morgan fingerprint density at radius 2 is 2.12 bits per heavy atom. The second-order valence-electron chi connectivity index (χ2n) is 5.13. The van der Waals surface area contributed by atoms with E-state index in [0.717, 1.165) is 45.4 Å². The molecule has 1 saturated carbocycles. The molecule has 2 fully saturated rings. The Morgan fingerprint density at radius 1 is 1.38 bits per heavy atom. The van der Waals surface area contributed by atoms with E-state index >= 15 is 0 Å². The number of nitrogens with one attached hydrogen (secondary N) is 1. The quantitative estimate of drug-likeness (QED) is 0.701. The van der Waals surface area contributed by atoms with Gasteiger partial charge in [-0.1, -0.05) is 6.92 Å². The van der Waals surface area contributed by atoms with Gasteiger partial charge in [-0.2, -0.15) is 0 Å². The van der Waals surface area contributed by atoms with Crippen molar-refractivity contribution in [2.75, 3.05) is 33.3 Å². The fourth-order valence-corrected chi connectivity index (χ4v) is 3.11. The summed E-state index contributed by atoms with van der Waals surface area (Å²) < 4.78 is 5.00. The first-order chi connectivity index (χ1) is 7.69. The molecule has 0 aromatic heterocycles. The lowest BCUT2D eigenvalue weighted by Crippen LogP contribution is -2.63. The first-order valence-electron chi connectivity index (χ1n) is 6.23. The second-order valence-corrected chi connectivity index (χ2v) is 5.13. The molecular weight excluding hydrogens is 204 g/mol. The minimum atomic E-state index is -0.305. The molecule has 1 aliphatic carbocycles. The highest BCUT2D eigenvalue weighted by molar-refractivity contribution is 5.82. The van der Waals surface area contributed by atoms with E-state index in [0.29, 0.717) is 5.92 Å². The Hall–Kier alpha value is -0.610. The van der Waals surface area contributed by atoms with Crippen LogP contribution in [0.2, 0.25) is 0 Å². The van der Waals surface area contributed by atoms with Crippen LogP contribution in [0.15, 0.2) is 0 Å². The maximum absolute atomic E-state index is 12.0. The number of nitrogens with zero attached hydrogens (tertiary/aromatic N) is 1. The van der Waals surface area contributed by atoms with Crippen LogP contribution in [-0.2, 0) is 9.53 Å². The number of hydrogen-bond acceptors (Lipinski definition) is 4. The van der Waals surface area contributed by atoms with Gasteiger partial charge in [-0.15, -0.1) is 0 Å². The molecule has 0 spiro atoms. The van der Waals surface area contributed by atoms with Crippen molar-refractivity contribution in [3.63, 3.8) is 0 Å². The second kappa shape index (κ2) is 4.72. The molecule has 4 nitrogen and oxygen atoms in total. The standard InChI is InChI=1S/C12H22N2O2/c1-10-8-12(9-10,11(15)16-2)14-6-3-4-13-5-7-14/h10,13H,3-9H2,1-2H3. The normalized spacial score (nSPS) is 36.2. The summed E-state index contributed by atoms with van der Waals surface area (Å²) in [5.41, 5.74) is -0.305. The lowest BCUT2D eigenvalue weighted by atomic mass is 9.68. The summed E-state index contributed by atoms with van der Waals surface area (Å²) in [5.74, 6) is 0.614. The number of carbonyl (C=O) groups is 1. The molecule has 1 N–H and O–H groups in total. The predicted molar refractivity (Wildman–Crippen MR) is 62.2 cm³/mol. The molecular formula is C12H22N2O2. The van der Waals surface area contributed by atoms with Gasteiger partial charge in [0.15, 0.2) is 0 Å². The minimum absolute atomic E-state index is 0.0347. The van der Waals surface area contributed by atoms with Crippen molar-refractivity contribution in [2.45, 2.75) is 31.7 Å². The van der Waals surface area contributed by atoms with Crippen LogP contribution in [0.25, 0.3) is 0 Å².